The number of rotatable bonds is 0. The zero-order chi connectivity index (χ0) is 5.11. The van der Waals surface area contributed by atoms with Crippen LogP contribution in [0.3, 0.4) is 0 Å². The van der Waals surface area contributed by atoms with Gasteiger partial charge in [0.15, 0.2) is 0 Å². The number of hydrogen-bond acceptors (Lipinski definition) is 1. The van der Waals surface area contributed by atoms with Crippen LogP contribution in [-0.2, 0) is 0 Å². The van der Waals surface area contributed by atoms with Gasteiger partial charge in [-0.1, -0.05) is 0 Å². The minimum absolute atomic E-state index is 1.11. The summed E-state index contributed by atoms with van der Waals surface area (Å²) >= 11 is 1.41. The van der Waals surface area contributed by atoms with Crippen molar-refractivity contribution in [2.24, 2.45) is 0 Å². The fourth-order valence-corrected chi connectivity index (χ4v) is 1.54. The fourth-order valence-electron chi connectivity index (χ4n) is 0.966. The van der Waals surface area contributed by atoms with E-state index in [0.717, 1.165) is 3.17 Å². The van der Waals surface area contributed by atoms with Gasteiger partial charge in [-0.3, -0.25) is 0 Å². The zero-order valence-electron chi connectivity index (χ0n) is 4.91. The van der Waals surface area contributed by atoms with E-state index < -0.39 is 0 Å². The molecule has 0 radical (unpaired) electrons. The normalized spacial score (nSPS) is 25.4. The van der Waals surface area contributed by atoms with Gasteiger partial charge in [0.05, 0.1) is 0 Å². The Morgan fingerprint density at radius 1 is 1.29 bits per heavy atom. The van der Waals surface area contributed by atoms with Crippen LogP contribution in [0.25, 0.3) is 0 Å². The van der Waals surface area contributed by atoms with Gasteiger partial charge in [0.1, 0.15) is 0 Å². The number of nitrogens with one attached hydrogen (secondary N) is 1. The monoisotopic (exact) mass is 107 g/mol. The summed E-state index contributed by atoms with van der Waals surface area (Å²) in [5, 5.41) is 3.34. The van der Waals surface area contributed by atoms with E-state index in [9.17, 15) is 0 Å². The predicted molar refractivity (Wildman–Crippen MR) is 31.6 cm³/mol. The molecular formula is C5H10NNa. The molecule has 0 amide bonds. The molecule has 1 rings (SSSR count). The van der Waals surface area contributed by atoms with Crippen molar-refractivity contribution in [3.63, 3.8) is 0 Å². The summed E-state index contributed by atoms with van der Waals surface area (Å²) in [6, 6.07) is 0. The standard InChI is InChI=1S/C5H10N.Na/c1-2-4-6-5-3-1;/h1,6H,2-5H2;. The van der Waals surface area contributed by atoms with Crippen LogP contribution in [0.5, 0.6) is 0 Å². The van der Waals surface area contributed by atoms with Gasteiger partial charge in [-0.25, -0.2) is 0 Å². The van der Waals surface area contributed by atoms with Gasteiger partial charge in [0.2, 0.25) is 0 Å². The number of piperidine rings is 1. The van der Waals surface area contributed by atoms with Crippen molar-refractivity contribution in [3.05, 3.63) is 0 Å². The summed E-state index contributed by atoms with van der Waals surface area (Å²) in [4.78, 5) is 0. The molecule has 36 valence electrons. The topological polar surface area (TPSA) is 12.0 Å². The molecule has 0 bridgehead atoms. The summed E-state index contributed by atoms with van der Waals surface area (Å²) in [5.74, 6) is 0. The van der Waals surface area contributed by atoms with Gasteiger partial charge in [-0.05, 0) is 0 Å². The van der Waals surface area contributed by atoms with Crippen LogP contribution in [0.4, 0.5) is 0 Å². The first kappa shape index (κ1) is 6.09. The molecule has 0 aromatic carbocycles. The molecule has 0 aromatic rings. The molecule has 1 fully saturated rings. The summed E-state index contributed by atoms with van der Waals surface area (Å²) in [7, 11) is 0. The first-order valence-electron chi connectivity index (χ1n) is 3.10. The van der Waals surface area contributed by atoms with E-state index >= 15 is 0 Å². The van der Waals surface area contributed by atoms with Crippen LogP contribution in [0.1, 0.15) is 12.8 Å². The van der Waals surface area contributed by atoms with Crippen molar-refractivity contribution in [1.29, 1.82) is 0 Å². The molecule has 0 saturated carbocycles. The average Bonchev–Trinajstić information content (AvgIpc) is 1.69. The minimum atomic E-state index is 1.11. The fraction of sp³-hybridized carbons (Fsp3) is 1.00. The van der Waals surface area contributed by atoms with E-state index in [0.29, 0.717) is 0 Å². The molecule has 0 aromatic heterocycles. The van der Waals surface area contributed by atoms with Crippen molar-refractivity contribution in [1.82, 2.24) is 5.32 Å². The second-order valence-electron chi connectivity index (χ2n) is 2.43. The van der Waals surface area contributed by atoms with Crippen LogP contribution >= 0.6 is 0 Å². The van der Waals surface area contributed by atoms with Gasteiger partial charge >= 0.3 is 62.3 Å². The Labute approximate surface area is 62.3 Å². The zero-order valence-corrected chi connectivity index (χ0v) is 6.91. The summed E-state index contributed by atoms with van der Waals surface area (Å²) in [5.41, 5.74) is 0. The van der Waals surface area contributed by atoms with E-state index in [2.05, 4.69) is 5.32 Å². The third-order valence-electron chi connectivity index (χ3n) is 1.63. The van der Waals surface area contributed by atoms with Crippen LogP contribution in [-0.4, -0.2) is 41.0 Å². The molecule has 1 heterocycles. The molecule has 7 heavy (non-hydrogen) atoms. The second kappa shape index (κ2) is 3.08. The van der Waals surface area contributed by atoms with Crippen molar-refractivity contribution in [3.8, 4) is 0 Å². The van der Waals surface area contributed by atoms with Gasteiger partial charge in [0, 0.05) is 0 Å². The Balaban J connectivity index is 2.12. The van der Waals surface area contributed by atoms with E-state index in [-0.39, 0.29) is 0 Å². The van der Waals surface area contributed by atoms with E-state index in [1.54, 1.807) is 0 Å². The molecule has 0 spiro atoms. The van der Waals surface area contributed by atoms with Gasteiger partial charge in [-0.2, -0.15) is 0 Å². The van der Waals surface area contributed by atoms with Gasteiger partial charge in [0.25, 0.3) is 0 Å². The Bertz CT molecular complexity index is 50.0. The van der Waals surface area contributed by atoms with Crippen LogP contribution in [0.2, 0.25) is 3.17 Å². The maximum atomic E-state index is 3.34. The summed E-state index contributed by atoms with van der Waals surface area (Å²) < 4.78 is 1.11. The molecule has 1 saturated heterocycles. The molecule has 1 N–H and O–H groups in total. The first-order valence-corrected chi connectivity index (χ1v) is 4.26. The predicted octanol–water partition coefficient (Wildman–Crippen LogP) is 0.327. The maximum absolute atomic E-state index is 3.34. The number of hydrogen-bond donors (Lipinski definition) is 1. The molecule has 0 unspecified atom stereocenters. The van der Waals surface area contributed by atoms with E-state index in [4.69, 9.17) is 0 Å². The average molecular weight is 107 g/mol. The van der Waals surface area contributed by atoms with Gasteiger partial charge in [-0.15, -0.1) is 0 Å². The molecular weight excluding hydrogens is 97.1 g/mol. The van der Waals surface area contributed by atoms with Crippen LogP contribution in [0.15, 0.2) is 0 Å². The second-order valence-corrected chi connectivity index (χ2v) is 4.07. The third kappa shape index (κ3) is 2.13. The van der Waals surface area contributed by atoms with Crippen molar-refractivity contribution in [2.75, 3.05) is 13.1 Å². The van der Waals surface area contributed by atoms with E-state index in [1.807, 2.05) is 0 Å². The van der Waals surface area contributed by atoms with Crippen molar-refractivity contribution in [2.45, 2.75) is 16.0 Å². The van der Waals surface area contributed by atoms with Gasteiger partial charge < -0.3 is 0 Å². The third-order valence-corrected chi connectivity index (χ3v) is 2.78. The Morgan fingerprint density at radius 2 is 1.86 bits per heavy atom. The molecule has 0 aliphatic carbocycles. The van der Waals surface area contributed by atoms with E-state index in [1.165, 1.54) is 53.9 Å². The molecule has 1 nitrogen and oxygen atoms in total. The Kier molecular flexibility index (Phi) is 2.68. The Morgan fingerprint density at radius 3 is 2.14 bits per heavy atom. The van der Waals surface area contributed by atoms with Crippen LogP contribution in [0, 0.1) is 0 Å². The summed E-state index contributed by atoms with van der Waals surface area (Å²) in [6.45, 7) is 2.54. The summed E-state index contributed by atoms with van der Waals surface area (Å²) in [6.07, 6.45) is 2.87. The molecule has 2 heteroatoms. The Hall–Kier alpha value is 0.960. The van der Waals surface area contributed by atoms with Crippen LogP contribution < -0.4 is 5.32 Å². The van der Waals surface area contributed by atoms with Crippen molar-refractivity contribution < 1.29 is 0 Å². The van der Waals surface area contributed by atoms with Crippen molar-refractivity contribution >= 4 is 27.9 Å². The molecule has 1 aliphatic heterocycles. The first-order chi connectivity index (χ1) is 3.39. The molecule has 1 aliphatic rings. The SMILES string of the molecule is [Na][CH]1CCNCC1. The quantitative estimate of drug-likeness (QED) is 0.440. The molecule has 0 atom stereocenters.